The summed E-state index contributed by atoms with van der Waals surface area (Å²) in [6.45, 7) is 5.34. The summed E-state index contributed by atoms with van der Waals surface area (Å²) in [5.41, 5.74) is 6.83. The molecule has 4 heteroatoms. The Morgan fingerprint density at radius 2 is 2.14 bits per heavy atom. The van der Waals surface area contributed by atoms with Crippen molar-refractivity contribution in [3.63, 3.8) is 0 Å². The van der Waals surface area contributed by atoms with E-state index in [-0.39, 0.29) is 0 Å². The molecule has 1 rings (SSSR count). The van der Waals surface area contributed by atoms with Gasteiger partial charge < -0.3 is 10.6 Å². The summed E-state index contributed by atoms with van der Waals surface area (Å²) in [5, 5.41) is 1.21. The van der Waals surface area contributed by atoms with Gasteiger partial charge in [-0.3, -0.25) is 0 Å². The Morgan fingerprint density at radius 1 is 1.43 bits per heavy atom. The quantitative estimate of drug-likeness (QED) is 0.765. The molecule has 80 valence electrons. The first-order valence-corrected chi connectivity index (χ1v) is 5.87. The Hall–Kier alpha value is -0.770. The highest BCUT2D eigenvalue weighted by molar-refractivity contribution is 7.10. The molecule has 0 amide bonds. The molecule has 0 bridgehead atoms. The normalized spacial score (nSPS) is 10.5. The van der Waals surface area contributed by atoms with Gasteiger partial charge >= 0.3 is 0 Å². The number of nitrogen functional groups attached to an aromatic ring is 1. The van der Waals surface area contributed by atoms with Crippen molar-refractivity contribution in [2.24, 2.45) is 0 Å². The summed E-state index contributed by atoms with van der Waals surface area (Å²) in [6, 6.07) is 0. The first kappa shape index (κ1) is 11.3. The van der Waals surface area contributed by atoms with Gasteiger partial charge in [-0.15, -0.1) is 0 Å². The van der Waals surface area contributed by atoms with Crippen molar-refractivity contribution in [1.82, 2.24) is 4.37 Å². The van der Waals surface area contributed by atoms with E-state index in [1.165, 1.54) is 35.8 Å². The van der Waals surface area contributed by atoms with Crippen molar-refractivity contribution < 1.29 is 0 Å². The second-order valence-electron chi connectivity index (χ2n) is 3.63. The molecule has 0 saturated carbocycles. The summed E-state index contributed by atoms with van der Waals surface area (Å²) in [4.78, 5) is 2.25. The van der Waals surface area contributed by atoms with Gasteiger partial charge in [0.15, 0.2) is 0 Å². The molecule has 1 aromatic heterocycles. The number of hydrogen-bond acceptors (Lipinski definition) is 4. The zero-order chi connectivity index (χ0) is 10.6. The van der Waals surface area contributed by atoms with Crippen LogP contribution in [0.5, 0.6) is 0 Å². The molecule has 0 aliphatic heterocycles. The largest absolute Gasteiger partial charge is 0.383 e. The molecular formula is C10H19N3S. The highest BCUT2D eigenvalue weighted by atomic mass is 32.1. The van der Waals surface area contributed by atoms with Gasteiger partial charge in [0.05, 0.1) is 0 Å². The fourth-order valence-electron chi connectivity index (χ4n) is 1.40. The third kappa shape index (κ3) is 2.61. The molecule has 0 aliphatic rings. The van der Waals surface area contributed by atoms with E-state index in [2.05, 4.69) is 23.2 Å². The van der Waals surface area contributed by atoms with E-state index in [0.717, 1.165) is 12.1 Å². The monoisotopic (exact) mass is 213 g/mol. The van der Waals surface area contributed by atoms with E-state index >= 15 is 0 Å². The van der Waals surface area contributed by atoms with Crippen LogP contribution < -0.4 is 10.6 Å². The molecule has 0 aliphatic carbocycles. The number of nitrogens with two attached hydrogens (primary N) is 1. The Labute approximate surface area is 90.1 Å². The molecule has 2 N–H and O–H groups in total. The molecule has 3 nitrogen and oxygen atoms in total. The van der Waals surface area contributed by atoms with Crippen LogP contribution in [0.3, 0.4) is 0 Å². The Morgan fingerprint density at radius 3 is 2.64 bits per heavy atom. The van der Waals surface area contributed by atoms with Crippen LogP contribution >= 0.6 is 11.5 Å². The zero-order valence-electron chi connectivity index (χ0n) is 9.21. The molecule has 0 unspecified atom stereocenters. The lowest BCUT2D eigenvalue weighted by Gasteiger charge is -2.17. The minimum atomic E-state index is 0.673. The number of unbranched alkanes of at least 4 members (excludes halogenated alkanes) is 2. The topological polar surface area (TPSA) is 42.2 Å². The summed E-state index contributed by atoms with van der Waals surface area (Å²) in [5.74, 6) is 0.673. The molecule has 1 heterocycles. The van der Waals surface area contributed by atoms with Gasteiger partial charge in [0.25, 0.3) is 0 Å². The van der Waals surface area contributed by atoms with Crippen molar-refractivity contribution in [3.8, 4) is 0 Å². The fourth-order valence-corrected chi connectivity index (χ4v) is 2.19. The number of nitrogens with zero attached hydrogens (tertiary/aromatic N) is 2. The number of rotatable bonds is 5. The highest BCUT2D eigenvalue weighted by Crippen LogP contribution is 2.28. The van der Waals surface area contributed by atoms with Gasteiger partial charge in [-0.05, 0) is 24.9 Å². The van der Waals surface area contributed by atoms with Gasteiger partial charge in [0, 0.05) is 19.2 Å². The molecule has 0 atom stereocenters. The van der Waals surface area contributed by atoms with Crippen molar-refractivity contribution in [2.45, 2.75) is 33.1 Å². The third-order valence-electron chi connectivity index (χ3n) is 2.38. The van der Waals surface area contributed by atoms with E-state index in [0.29, 0.717) is 5.82 Å². The average Bonchev–Trinajstić information content (AvgIpc) is 2.48. The van der Waals surface area contributed by atoms with Crippen LogP contribution in [0, 0.1) is 6.92 Å². The first-order chi connectivity index (χ1) is 6.66. The molecule has 0 fully saturated rings. The molecule has 1 aromatic rings. The van der Waals surface area contributed by atoms with Crippen LogP contribution in [0.4, 0.5) is 10.8 Å². The first-order valence-electron chi connectivity index (χ1n) is 5.09. The molecule has 0 aromatic carbocycles. The molecule has 0 spiro atoms. The van der Waals surface area contributed by atoms with Crippen LogP contribution in [0.2, 0.25) is 0 Å². The van der Waals surface area contributed by atoms with Crippen molar-refractivity contribution in [1.29, 1.82) is 0 Å². The van der Waals surface area contributed by atoms with E-state index in [4.69, 9.17) is 5.73 Å². The second-order valence-corrected chi connectivity index (χ2v) is 4.38. The Bertz CT molecular complexity index is 283. The van der Waals surface area contributed by atoms with E-state index < -0.39 is 0 Å². The van der Waals surface area contributed by atoms with Gasteiger partial charge in [-0.1, -0.05) is 19.8 Å². The van der Waals surface area contributed by atoms with Crippen LogP contribution in [0.25, 0.3) is 0 Å². The molecule has 0 radical (unpaired) electrons. The van der Waals surface area contributed by atoms with E-state index in [1.54, 1.807) is 0 Å². The Balaban J connectivity index is 2.52. The minimum absolute atomic E-state index is 0.673. The molecule has 0 saturated heterocycles. The van der Waals surface area contributed by atoms with Crippen LogP contribution in [0.1, 0.15) is 31.7 Å². The minimum Gasteiger partial charge on any atom is -0.383 e. The standard InChI is InChI=1S/C10H19N3S/c1-4-5-6-7-13(3)10-8(2)9(11)12-14-10/h4-7H2,1-3H3,(H2,11,12). The number of hydrogen-bond donors (Lipinski definition) is 1. The maximum Gasteiger partial charge on any atom is 0.142 e. The van der Waals surface area contributed by atoms with E-state index in [1.807, 2.05) is 6.92 Å². The van der Waals surface area contributed by atoms with Gasteiger partial charge in [-0.2, -0.15) is 4.37 Å². The van der Waals surface area contributed by atoms with Crippen LogP contribution in [0.15, 0.2) is 0 Å². The van der Waals surface area contributed by atoms with Crippen molar-refractivity contribution >= 4 is 22.4 Å². The number of aromatic nitrogens is 1. The van der Waals surface area contributed by atoms with Crippen molar-refractivity contribution in [2.75, 3.05) is 24.2 Å². The van der Waals surface area contributed by atoms with E-state index in [9.17, 15) is 0 Å². The summed E-state index contributed by atoms with van der Waals surface area (Å²) < 4.78 is 4.14. The SMILES string of the molecule is CCCCCN(C)c1snc(N)c1C. The predicted octanol–water partition coefficient (Wildman–Crippen LogP) is 2.66. The van der Waals surface area contributed by atoms with Crippen molar-refractivity contribution in [3.05, 3.63) is 5.56 Å². The summed E-state index contributed by atoms with van der Waals surface area (Å²) in [6.07, 6.45) is 3.79. The zero-order valence-corrected chi connectivity index (χ0v) is 10.0. The summed E-state index contributed by atoms with van der Waals surface area (Å²) in [7, 11) is 2.11. The van der Waals surface area contributed by atoms with Gasteiger partial charge in [-0.25, -0.2) is 0 Å². The lowest BCUT2D eigenvalue weighted by molar-refractivity contribution is 0.707. The molecule has 14 heavy (non-hydrogen) atoms. The highest BCUT2D eigenvalue weighted by Gasteiger charge is 2.10. The third-order valence-corrected chi connectivity index (χ3v) is 3.46. The fraction of sp³-hybridized carbons (Fsp3) is 0.700. The lowest BCUT2D eigenvalue weighted by atomic mass is 10.2. The van der Waals surface area contributed by atoms with Gasteiger partial charge in [0.1, 0.15) is 10.8 Å². The van der Waals surface area contributed by atoms with Gasteiger partial charge in [0.2, 0.25) is 0 Å². The average molecular weight is 213 g/mol. The van der Waals surface area contributed by atoms with Crippen LogP contribution in [-0.2, 0) is 0 Å². The number of anilines is 2. The summed E-state index contributed by atoms with van der Waals surface area (Å²) >= 11 is 1.49. The Kier molecular flexibility index (Phi) is 4.20. The predicted molar refractivity (Wildman–Crippen MR) is 64.1 cm³/mol. The van der Waals surface area contributed by atoms with Crippen LogP contribution in [-0.4, -0.2) is 18.0 Å². The maximum atomic E-state index is 5.71. The smallest absolute Gasteiger partial charge is 0.142 e. The lowest BCUT2D eigenvalue weighted by Crippen LogP contribution is -2.18. The second kappa shape index (κ2) is 5.20. The maximum absolute atomic E-state index is 5.71. The molecular weight excluding hydrogens is 194 g/mol.